The molecule has 0 saturated carbocycles. The minimum atomic E-state index is -3.77. The molecule has 1 fully saturated rings. The van der Waals surface area contributed by atoms with Crippen LogP contribution in [0.5, 0.6) is 0 Å². The Balaban J connectivity index is 2.18. The Kier molecular flexibility index (Phi) is 4.48. The van der Waals surface area contributed by atoms with Crippen molar-refractivity contribution < 1.29 is 22.7 Å². The van der Waals surface area contributed by atoms with E-state index in [1.54, 1.807) is 0 Å². The smallest absolute Gasteiger partial charge is 0.253 e. The van der Waals surface area contributed by atoms with E-state index in [4.69, 9.17) is 9.84 Å². The molecule has 1 aromatic rings. The van der Waals surface area contributed by atoms with Crippen LogP contribution >= 0.6 is 0 Å². The lowest BCUT2D eigenvalue weighted by molar-refractivity contribution is 0.0272. The van der Waals surface area contributed by atoms with Gasteiger partial charge in [-0.3, -0.25) is 0 Å². The Hall–Kier alpha value is -1.06. The van der Waals surface area contributed by atoms with Gasteiger partial charge in [0, 0.05) is 18.7 Å². The van der Waals surface area contributed by atoms with Crippen molar-refractivity contribution in [2.24, 2.45) is 0 Å². The third-order valence-corrected chi connectivity index (χ3v) is 4.13. The second-order valence-electron chi connectivity index (χ2n) is 4.11. The average Bonchev–Trinajstić information content (AvgIpc) is 2.39. The minimum Gasteiger partial charge on any atom is -0.392 e. The van der Waals surface area contributed by atoms with Crippen LogP contribution in [0.15, 0.2) is 23.1 Å². The van der Waals surface area contributed by atoms with Crippen molar-refractivity contribution in [1.29, 1.82) is 0 Å². The van der Waals surface area contributed by atoms with E-state index in [9.17, 15) is 12.8 Å². The van der Waals surface area contributed by atoms with E-state index in [0.29, 0.717) is 26.3 Å². The van der Waals surface area contributed by atoms with Crippen molar-refractivity contribution >= 4 is 10.0 Å². The Morgan fingerprint density at radius 2 is 2.05 bits per heavy atom. The van der Waals surface area contributed by atoms with Crippen molar-refractivity contribution in [3.05, 3.63) is 29.6 Å². The summed E-state index contributed by atoms with van der Waals surface area (Å²) in [4.78, 5) is 2.32. The summed E-state index contributed by atoms with van der Waals surface area (Å²) < 4.78 is 42.5. The van der Waals surface area contributed by atoms with Gasteiger partial charge >= 0.3 is 0 Å². The number of benzene rings is 1. The van der Waals surface area contributed by atoms with Crippen molar-refractivity contribution in [2.75, 3.05) is 26.3 Å². The quantitative estimate of drug-likeness (QED) is 0.806. The standard InChI is InChI=1S/C11H15FN2O4S/c12-11-2-1-10(7-9(11)8-15)19(16,17)13-14-3-5-18-6-4-14/h1-2,7,13,15H,3-6,8H2. The summed E-state index contributed by atoms with van der Waals surface area (Å²) in [6.07, 6.45) is 0. The first-order valence-electron chi connectivity index (χ1n) is 5.77. The van der Waals surface area contributed by atoms with Gasteiger partial charge in [0.25, 0.3) is 10.0 Å². The number of hydrazine groups is 1. The van der Waals surface area contributed by atoms with Crippen LogP contribution in [0.25, 0.3) is 0 Å². The lowest BCUT2D eigenvalue weighted by atomic mass is 10.2. The van der Waals surface area contributed by atoms with Crippen LogP contribution in [-0.2, 0) is 21.4 Å². The van der Waals surface area contributed by atoms with Crippen LogP contribution in [-0.4, -0.2) is 44.8 Å². The number of ether oxygens (including phenoxy) is 1. The molecule has 0 radical (unpaired) electrons. The zero-order valence-electron chi connectivity index (χ0n) is 10.2. The Morgan fingerprint density at radius 1 is 1.37 bits per heavy atom. The van der Waals surface area contributed by atoms with Crippen molar-refractivity contribution in [3.63, 3.8) is 0 Å². The molecule has 0 bridgehead atoms. The molecule has 106 valence electrons. The molecule has 2 rings (SSSR count). The number of aliphatic hydroxyl groups is 1. The van der Waals surface area contributed by atoms with Gasteiger partial charge in [-0.25, -0.2) is 17.8 Å². The molecule has 19 heavy (non-hydrogen) atoms. The van der Waals surface area contributed by atoms with Gasteiger partial charge in [-0.05, 0) is 18.2 Å². The number of halogens is 1. The number of nitrogens with one attached hydrogen (secondary N) is 1. The maximum atomic E-state index is 13.2. The first-order valence-corrected chi connectivity index (χ1v) is 7.25. The molecular weight excluding hydrogens is 275 g/mol. The molecule has 1 aliphatic rings. The fourth-order valence-electron chi connectivity index (χ4n) is 1.72. The Labute approximate surface area is 110 Å². The molecule has 8 heteroatoms. The van der Waals surface area contributed by atoms with Gasteiger partial charge in [0.15, 0.2) is 0 Å². The lowest BCUT2D eigenvalue weighted by Gasteiger charge is -2.26. The van der Waals surface area contributed by atoms with Gasteiger partial charge in [-0.2, -0.15) is 0 Å². The zero-order valence-corrected chi connectivity index (χ0v) is 11.0. The molecule has 2 N–H and O–H groups in total. The van der Waals surface area contributed by atoms with E-state index in [1.165, 1.54) is 5.01 Å². The number of nitrogens with zero attached hydrogens (tertiary/aromatic N) is 1. The molecule has 0 amide bonds. The molecule has 1 saturated heterocycles. The molecular formula is C11H15FN2O4S. The number of morpholine rings is 1. The number of rotatable bonds is 4. The second kappa shape index (κ2) is 5.93. The molecule has 1 heterocycles. The zero-order chi connectivity index (χ0) is 13.9. The number of aliphatic hydroxyl groups excluding tert-OH is 1. The average molecular weight is 290 g/mol. The van der Waals surface area contributed by atoms with Crippen molar-refractivity contribution in [2.45, 2.75) is 11.5 Å². The Bertz CT molecular complexity index is 544. The molecule has 0 aromatic heterocycles. The van der Waals surface area contributed by atoms with Crippen LogP contribution in [0.3, 0.4) is 0 Å². The van der Waals surface area contributed by atoms with Crippen LogP contribution in [0, 0.1) is 5.82 Å². The SMILES string of the molecule is O=S(=O)(NN1CCOCC1)c1ccc(F)c(CO)c1. The molecule has 0 aliphatic carbocycles. The minimum absolute atomic E-state index is 0.0511. The van der Waals surface area contributed by atoms with E-state index in [2.05, 4.69) is 4.83 Å². The molecule has 0 spiro atoms. The van der Waals surface area contributed by atoms with Crippen LogP contribution < -0.4 is 4.83 Å². The number of hydrogen-bond acceptors (Lipinski definition) is 5. The van der Waals surface area contributed by atoms with E-state index < -0.39 is 22.4 Å². The van der Waals surface area contributed by atoms with E-state index >= 15 is 0 Å². The summed E-state index contributed by atoms with van der Waals surface area (Å²) in [5.41, 5.74) is -0.0511. The molecule has 0 atom stereocenters. The van der Waals surface area contributed by atoms with Gasteiger partial charge in [0.2, 0.25) is 0 Å². The fraction of sp³-hybridized carbons (Fsp3) is 0.455. The lowest BCUT2D eigenvalue weighted by Crippen LogP contribution is -2.48. The molecule has 1 aliphatic heterocycles. The first kappa shape index (κ1) is 14.4. The van der Waals surface area contributed by atoms with E-state index in [1.807, 2.05) is 0 Å². The number of sulfonamides is 1. The van der Waals surface area contributed by atoms with Crippen LogP contribution in [0.1, 0.15) is 5.56 Å². The Morgan fingerprint density at radius 3 is 2.68 bits per heavy atom. The fourth-order valence-corrected chi connectivity index (χ4v) is 2.89. The summed E-state index contributed by atoms with van der Waals surface area (Å²) in [5.74, 6) is -0.632. The third kappa shape index (κ3) is 3.48. The molecule has 1 aromatic carbocycles. The predicted octanol–water partition coefficient (Wildman–Crippen LogP) is -0.156. The monoisotopic (exact) mass is 290 g/mol. The summed E-state index contributed by atoms with van der Waals surface area (Å²) in [7, 11) is -3.77. The second-order valence-corrected chi connectivity index (χ2v) is 5.77. The van der Waals surface area contributed by atoms with Crippen molar-refractivity contribution in [3.8, 4) is 0 Å². The van der Waals surface area contributed by atoms with E-state index in [-0.39, 0.29) is 10.5 Å². The van der Waals surface area contributed by atoms with E-state index in [0.717, 1.165) is 18.2 Å². The maximum Gasteiger partial charge on any atom is 0.253 e. The normalized spacial score (nSPS) is 17.6. The highest BCUT2D eigenvalue weighted by Crippen LogP contribution is 2.15. The predicted molar refractivity (Wildman–Crippen MR) is 65.0 cm³/mol. The van der Waals surface area contributed by atoms with Crippen LogP contribution in [0.2, 0.25) is 0 Å². The highest BCUT2D eigenvalue weighted by molar-refractivity contribution is 7.89. The number of hydrogen-bond donors (Lipinski definition) is 2. The van der Waals surface area contributed by atoms with Crippen molar-refractivity contribution in [1.82, 2.24) is 9.84 Å². The summed E-state index contributed by atoms with van der Waals surface area (Å²) in [6, 6.07) is 3.31. The van der Waals surface area contributed by atoms with Gasteiger partial charge in [0.05, 0.1) is 24.7 Å². The molecule has 6 nitrogen and oxygen atoms in total. The summed E-state index contributed by atoms with van der Waals surface area (Å²) in [6.45, 7) is 1.26. The van der Waals surface area contributed by atoms with Gasteiger partial charge in [0.1, 0.15) is 5.82 Å². The first-order chi connectivity index (χ1) is 9.03. The van der Waals surface area contributed by atoms with Gasteiger partial charge in [-0.15, -0.1) is 4.83 Å². The largest absolute Gasteiger partial charge is 0.392 e. The highest BCUT2D eigenvalue weighted by Gasteiger charge is 2.21. The maximum absolute atomic E-state index is 13.2. The molecule has 0 unspecified atom stereocenters. The summed E-state index contributed by atoms with van der Waals surface area (Å²) >= 11 is 0. The summed E-state index contributed by atoms with van der Waals surface area (Å²) in [5, 5.41) is 10.5. The van der Waals surface area contributed by atoms with Crippen LogP contribution in [0.4, 0.5) is 4.39 Å². The third-order valence-electron chi connectivity index (χ3n) is 2.76. The van der Waals surface area contributed by atoms with Gasteiger partial charge < -0.3 is 9.84 Å². The topological polar surface area (TPSA) is 78.9 Å². The van der Waals surface area contributed by atoms with Gasteiger partial charge in [-0.1, -0.05) is 0 Å². The highest BCUT2D eigenvalue weighted by atomic mass is 32.2.